The number of nitrogens with zero attached hydrogens (tertiary/aromatic N) is 1. The Labute approximate surface area is 133 Å². The van der Waals surface area contributed by atoms with Crippen molar-refractivity contribution < 1.29 is 21.5 Å². The SMILES string of the molecule is CCCCCCCC[n+]1ccc(C)c2ccccc21.[Br-]. The van der Waals surface area contributed by atoms with Crippen molar-refractivity contribution in [3.05, 3.63) is 42.1 Å². The van der Waals surface area contributed by atoms with Crippen LogP contribution in [-0.4, -0.2) is 0 Å². The Morgan fingerprint density at radius 2 is 1.60 bits per heavy atom. The van der Waals surface area contributed by atoms with E-state index >= 15 is 0 Å². The lowest BCUT2D eigenvalue weighted by Crippen LogP contribution is -3.00. The lowest BCUT2D eigenvalue weighted by atomic mass is 10.1. The largest absolute Gasteiger partial charge is 1.00 e. The van der Waals surface area contributed by atoms with E-state index in [0.717, 1.165) is 6.54 Å². The second-order valence-electron chi connectivity index (χ2n) is 5.48. The van der Waals surface area contributed by atoms with Crippen LogP contribution in [0.25, 0.3) is 10.9 Å². The summed E-state index contributed by atoms with van der Waals surface area (Å²) in [7, 11) is 0. The number of halogens is 1. The monoisotopic (exact) mass is 335 g/mol. The van der Waals surface area contributed by atoms with Crippen molar-refractivity contribution in [1.29, 1.82) is 0 Å². The number of pyridine rings is 1. The molecule has 0 saturated heterocycles. The quantitative estimate of drug-likeness (QED) is 0.536. The van der Waals surface area contributed by atoms with Gasteiger partial charge in [-0.1, -0.05) is 44.7 Å². The average Bonchev–Trinajstić information content (AvgIpc) is 2.45. The third-order valence-electron chi connectivity index (χ3n) is 3.90. The second-order valence-corrected chi connectivity index (χ2v) is 5.48. The fraction of sp³-hybridized carbons (Fsp3) is 0.500. The normalized spacial score (nSPS) is 10.5. The third kappa shape index (κ3) is 4.59. The van der Waals surface area contributed by atoms with Crippen molar-refractivity contribution in [3.63, 3.8) is 0 Å². The van der Waals surface area contributed by atoms with Gasteiger partial charge in [0.2, 0.25) is 5.52 Å². The van der Waals surface area contributed by atoms with Crippen LogP contribution in [0.1, 0.15) is 51.0 Å². The molecule has 20 heavy (non-hydrogen) atoms. The molecular formula is C18H26BrN. The molecule has 0 amide bonds. The highest BCUT2D eigenvalue weighted by atomic mass is 79.9. The van der Waals surface area contributed by atoms with E-state index in [9.17, 15) is 0 Å². The van der Waals surface area contributed by atoms with Gasteiger partial charge in [-0.2, -0.15) is 4.57 Å². The number of benzene rings is 1. The standard InChI is InChI=1S/C18H26N.BrH/c1-3-4-5-6-7-10-14-19-15-13-16(2)17-11-8-9-12-18(17)19;/h8-9,11-13,15H,3-7,10,14H2,1-2H3;1H/q+1;/p-1. The molecule has 1 nitrogen and oxygen atoms in total. The zero-order valence-corrected chi connectivity index (χ0v) is 14.3. The molecule has 0 saturated carbocycles. The summed E-state index contributed by atoms with van der Waals surface area (Å²) in [4.78, 5) is 0. The van der Waals surface area contributed by atoms with Gasteiger partial charge >= 0.3 is 0 Å². The van der Waals surface area contributed by atoms with Crippen LogP contribution >= 0.6 is 0 Å². The highest BCUT2D eigenvalue weighted by molar-refractivity contribution is 5.78. The Morgan fingerprint density at radius 3 is 2.40 bits per heavy atom. The minimum atomic E-state index is 0. The van der Waals surface area contributed by atoms with Crippen molar-refractivity contribution in [2.45, 2.75) is 58.9 Å². The maximum absolute atomic E-state index is 2.40. The molecule has 0 fully saturated rings. The summed E-state index contributed by atoms with van der Waals surface area (Å²) in [5.41, 5.74) is 2.74. The van der Waals surface area contributed by atoms with Crippen LogP contribution in [0, 0.1) is 6.92 Å². The smallest absolute Gasteiger partial charge is 0.212 e. The summed E-state index contributed by atoms with van der Waals surface area (Å²) < 4.78 is 2.40. The molecule has 2 heteroatoms. The van der Waals surface area contributed by atoms with Crippen molar-refractivity contribution in [2.24, 2.45) is 0 Å². The van der Waals surface area contributed by atoms with Crippen LogP contribution in [0.15, 0.2) is 36.5 Å². The average molecular weight is 336 g/mol. The lowest BCUT2D eigenvalue weighted by Gasteiger charge is -2.04. The first-order valence-electron chi connectivity index (χ1n) is 7.70. The zero-order valence-electron chi connectivity index (χ0n) is 12.7. The second kappa shape index (κ2) is 9.12. The van der Waals surface area contributed by atoms with E-state index < -0.39 is 0 Å². The highest BCUT2D eigenvalue weighted by Gasteiger charge is 2.09. The number of unbranched alkanes of at least 4 members (excludes halogenated alkanes) is 5. The van der Waals surface area contributed by atoms with E-state index in [-0.39, 0.29) is 17.0 Å². The minimum Gasteiger partial charge on any atom is -1.00 e. The molecule has 0 bridgehead atoms. The molecule has 2 aromatic rings. The highest BCUT2D eigenvalue weighted by Crippen LogP contribution is 2.14. The summed E-state index contributed by atoms with van der Waals surface area (Å²) in [6.07, 6.45) is 10.4. The number of para-hydroxylation sites is 1. The lowest BCUT2D eigenvalue weighted by molar-refractivity contribution is -0.671. The maximum atomic E-state index is 2.40. The fourth-order valence-electron chi connectivity index (χ4n) is 2.69. The summed E-state index contributed by atoms with van der Waals surface area (Å²) in [6, 6.07) is 11.0. The zero-order chi connectivity index (χ0) is 13.5. The molecule has 0 radical (unpaired) electrons. The number of rotatable bonds is 7. The predicted octanol–water partition coefficient (Wildman–Crippen LogP) is 1.80. The van der Waals surface area contributed by atoms with E-state index in [4.69, 9.17) is 0 Å². The van der Waals surface area contributed by atoms with Crippen molar-refractivity contribution in [3.8, 4) is 0 Å². The van der Waals surface area contributed by atoms with Gasteiger partial charge in [0.25, 0.3) is 0 Å². The van der Waals surface area contributed by atoms with E-state index in [1.807, 2.05) is 0 Å². The Morgan fingerprint density at radius 1 is 0.900 bits per heavy atom. The number of hydrogen-bond acceptors (Lipinski definition) is 0. The van der Waals surface area contributed by atoms with Gasteiger partial charge in [0.05, 0.1) is 0 Å². The molecule has 0 spiro atoms. The van der Waals surface area contributed by atoms with E-state index in [1.54, 1.807) is 0 Å². The first-order valence-corrected chi connectivity index (χ1v) is 7.70. The molecular weight excluding hydrogens is 310 g/mol. The van der Waals surface area contributed by atoms with E-state index in [2.05, 4.69) is 54.9 Å². The molecule has 110 valence electrons. The van der Waals surface area contributed by atoms with Gasteiger partial charge in [-0.3, -0.25) is 0 Å². The summed E-state index contributed by atoms with van der Waals surface area (Å²) in [6.45, 7) is 5.61. The van der Waals surface area contributed by atoms with Crippen molar-refractivity contribution >= 4 is 10.9 Å². The number of aromatic nitrogens is 1. The van der Waals surface area contributed by atoms with E-state index in [1.165, 1.54) is 55.0 Å². The fourth-order valence-corrected chi connectivity index (χ4v) is 2.69. The minimum absolute atomic E-state index is 0. The van der Waals surface area contributed by atoms with Gasteiger partial charge in [-0.25, -0.2) is 0 Å². The summed E-state index contributed by atoms with van der Waals surface area (Å²) >= 11 is 0. The van der Waals surface area contributed by atoms with Crippen LogP contribution < -0.4 is 21.5 Å². The van der Waals surface area contributed by atoms with Crippen LogP contribution in [-0.2, 0) is 6.54 Å². The maximum Gasteiger partial charge on any atom is 0.212 e. The predicted molar refractivity (Wildman–Crippen MR) is 82.3 cm³/mol. The Balaban J connectivity index is 0.00000200. The molecule has 0 aliphatic rings. The first kappa shape index (κ1) is 17.2. The molecule has 0 N–H and O–H groups in total. The van der Waals surface area contributed by atoms with Crippen molar-refractivity contribution in [2.75, 3.05) is 0 Å². The molecule has 0 aliphatic heterocycles. The molecule has 1 heterocycles. The third-order valence-corrected chi connectivity index (χ3v) is 3.90. The number of hydrogen-bond donors (Lipinski definition) is 0. The molecule has 2 rings (SSSR count). The topological polar surface area (TPSA) is 3.88 Å². The number of fused-ring (bicyclic) bond motifs is 1. The van der Waals surface area contributed by atoms with Gasteiger partial charge < -0.3 is 17.0 Å². The van der Waals surface area contributed by atoms with Gasteiger partial charge in [0.15, 0.2) is 6.20 Å². The van der Waals surface area contributed by atoms with Crippen LogP contribution in [0.5, 0.6) is 0 Å². The molecule has 0 unspecified atom stereocenters. The van der Waals surface area contributed by atoms with E-state index in [0.29, 0.717) is 0 Å². The Bertz CT molecular complexity index is 522. The molecule has 0 atom stereocenters. The Hall–Kier alpha value is -0.890. The van der Waals surface area contributed by atoms with Gasteiger partial charge in [-0.15, -0.1) is 0 Å². The molecule has 1 aromatic carbocycles. The Kier molecular flexibility index (Phi) is 7.83. The van der Waals surface area contributed by atoms with Gasteiger partial charge in [0.1, 0.15) is 6.54 Å². The number of aryl methyl sites for hydroxylation is 2. The first-order chi connectivity index (χ1) is 9.33. The summed E-state index contributed by atoms with van der Waals surface area (Å²) in [5.74, 6) is 0. The van der Waals surface area contributed by atoms with Gasteiger partial charge in [0, 0.05) is 23.9 Å². The summed E-state index contributed by atoms with van der Waals surface area (Å²) in [5, 5.41) is 1.39. The molecule has 0 aliphatic carbocycles. The van der Waals surface area contributed by atoms with Crippen LogP contribution in [0.4, 0.5) is 0 Å². The van der Waals surface area contributed by atoms with Crippen LogP contribution in [0.2, 0.25) is 0 Å². The van der Waals surface area contributed by atoms with Crippen molar-refractivity contribution in [1.82, 2.24) is 0 Å². The van der Waals surface area contributed by atoms with Crippen LogP contribution in [0.3, 0.4) is 0 Å². The molecule has 1 aromatic heterocycles. The van der Waals surface area contributed by atoms with Gasteiger partial charge in [-0.05, 0) is 25.0 Å².